The van der Waals surface area contributed by atoms with Crippen molar-refractivity contribution in [2.45, 2.75) is 11.8 Å². The third-order valence-electron chi connectivity index (χ3n) is 2.48. The van der Waals surface area contributed by atoms with Gasteiger partial charge in [-0.1, -0.05) is 23.7 Å². The third-order valence-corrected chi connectivity index (χ3v) is 4.82. The molecule has 0 unspecified atom stereocenters. The number of hydrogen-bond donors (Lipinski definition) is 1. The monoisotopic (exact) mass is 407 g/mol. The molecule has 100 valence electrons. The standard InChI is InChI=1S/C13H11ClINO2S/c1-9-3-2-4-11(7-9)19(17,18)16-13-6-5-10(15)8-12(13)14/h2-8,16H,1H3. The lowest BCUT2D eigenvalue weighted by Crippen LogP contribution is -2.13. The molecule has 0 aliphatic rings. The molecule has 0 spiro atoms. The van der Waals surface area contributed by atoms with E-state index in [4.69, 9.17) is 11.6 Å². The van der Waals surface area contributed by atoms with Crippen LogP contribution in [0, 0.1) is 10.5 Å². The first-order chi connectivity index (χ1) is 8.88. The van der Waals surface area contributed by atoms with Crippen LogP contribution >= 0.6 is 34.2 Å². The quantitative estimate of drug-likeness (QED) is 0.780. The van der Waals surface area contributed by atoms with Crippen LogP contribution in [0.1, 0.15) is 5.56 Å². The first-order valence-corrected chi connectivity index (χ1v) is 8.37. The number of sulfonamides is 1. The van der Waals surface area contributed by atoms with Gasteiger partial charge in [0.25, 0.3) is 10.0 Å². The predicted molar refractivity (Wildman–Crippen MR) is 86.2 cm³/mol. The molecule has 0 aliphatic carbocycles. The number of nitrogens with one attached hydrogen (secondary N) is 1. The van der Waals surface area contributed by atoms with E-state index in [-0.39, 0.29) is 4.90 Å². The van der Waals surface area contributed by atoms with E-state index in [2.05, 4.69) is 27.3 Å². The highest BCUT2D eigenvalue weighted by Crippen LogP contribution is 2.26. The summed E-state index contributed by atoms with van der Waals surface area (Å²) in [5.41, 5.74) is 1.26. The Morgan fingerprint density at radius 1 is 1.16 bits per heavy atom. The van der Waals surface area contributed by atoms with Crippen LogP contribution in [0.25, 0.3) is 0 Å². The van der Waals surface area contributed by atoms with E-state index in [0.29, 0.717) is 10.7 Å². The van der Waals surface area contributed by atoms with E-state index in [1.165, 1.54) is 0 Å². The van der Waals surface area contributed by atoms with Crippen LogP contribution in [0.15, 0.2) is 47.4 Å². The largest absolute Gasteiger partial charge is 0.278 e. The number of hydrogen-bond acceptors (Lipinski definition) is 2. The summed E-state index contributed by atoms with van der Waals surface area (Å²) >= 11 is 8.14. The molecule has 0 radical (unpaired) electrons. The van der Waals surface area contributed by atoms with Crippen molar-refractivity contribution in [1.82, 2.24) is 0 Å². The van der Waals surface area contributed by atoms with Crippen LogP contribution in [0.2, 0.25) is 5.02 Å². The zero-order chi connectivity index (χ0) is 14.0. The molecule has 2 rings (SSSR count). The van der Waals surface area contributed by atoms with Crippen molar-refractivity contribution in [3.63, 3.8) is 0 Å². The highest BCUT2D eigenvalue weighted by Gasteiger charge is 2.15. The average molecular weight is 408 g/mol. The highest BCUT2D eigenvalue weighted by molar-refractivity contribution is 14.1. The second-order valence-corrected chi connectivity index (χ2v) is 7.38. The van der Waals surface area contributed by atoms with Crippen molar-refractivity contribution in [2.24, 2.45) is 0 Å². The maximum atomic E-state index is 12.2. The van der Waals surface area contributed by atoms with Gasteiger partial charge in [-0.2, -0.15) is 0 Å². The Morgan fingerprint density at radius 3 is 2.53 bits per heavy atom. The molecular weight excluding hydrogens is 397 g/mol. The summed E-state index contributed by atoms with van der Waals surface area (Å²) in [6.45, 7) is 1.84. The van der Waals surface area contributed by atoms with Crippen LogP contribution < -0.4 is 4.72 Å². The van der Waals surface area contributed by atoms with Gasteiger partial charge in [-0.25, -0.2) is 8.42 Å². The topological polar surface area (TPSA) is 46.2 Å². The molecule has 0 aliphatic heterocycles. The minimum atomic E-state index is -3.61. The molecule has 0 atom stereocenters. The van der Waals surface area contributed by atoms with Crippen LogP contribution in [0.4, 0.5) is 5.69 Å². The Hall–Kier alpha value is -0.790. The molecule has 0 bridgehead atoms. The minimum Gasteiger partial charge on any atom is -0.278 e. The van der Waals surface area contributed by atoms with Crippen molar-refractivity contribution < 1.29 is 8.42 Å². The van der Waals surface area contributed by atoms with Gasteiger partial charge >= 0.3 is 0 Å². The molecule has 2 aromatic carbocycles. The summed E-state index contributed by atoms with van der Waals surface area (Å²) in [6, 6.07) is 11.9. The molecule has 0 amide bonds. The van der Waals surface area contributed by atoms with Gasteiger partial charge in [-0.15, -0.1) is 0 Å². The lowest BCUT2D eigenvalue weighted by molar-refractivity contribution is 0.601. The van der Waals surface area contributed by atoms with Gasteiger partial charge in [-0.05, 0) is 65.4 Å². The third kappa shape index (κ3) is 3.61. The first kappa shape index (κ1) is 14.6. The fourth-order valence-corrected chi connectivity index (χ4v) is 3.70. The molecule has 1 N–H and O–H groups in total. The lowest BCUT2D eigenvalue weighted by Gasteiger charge is -2.10. The predicted octanol–water partition coefficient (Wildman–Crippen LogP) is 4.05. The number of halogens is 2. The van der Waals surface area contributed by atoms with Crippen LogP contribution in [0.5, 0.6) is 0 Å². The molecule has 2 aromatic rings. The molecule has 0 heterocycles. The van der Waals surface area contributed by atoms with Crippen molar-refractivity contribution in [3.05, 3.63) is 56.6 Å². The summed E-state index contributed by atoms with van der Waals surface area (Å²) < 4.78 is 27.9. The molecule has 0 aromatic heterocycles. The van der Waals surface area contributed by atoms with Gasteiger partial charge in [-0.3, -0.25) is 4.72 Å². The van der Waals surface area contributed by atoms with E-state index in [1.807, 2.05) is 13.0 Å². The van der Waals surface area contributed by atoms with Gasteiger partial charge in [0.15, 0.2) is 0 Å². The summed E-state index contributed by atoms with van der Waals surface area (Å²) in [7, 11) is -3.61. The number of rotatable bonds is 3. The van der Waals surface area contributed by atoms with Crippen LogP contribution in [-0.2, 0) is 10.0 Å². The van der Waals surface area contributed by atoms with Gasteiger partial charge in [0.2, 0.25) is 0 Å². The number of anilines is 1. The maximum Gasteiger partial charge on any atom is 0.261 e. The Balaban J connectivity index is 2.36. The van der Waals surface area contributed by atoms with Crippen LogP contribution in [-0.4, -0.2) is 8.42 Å². The highest BCUT2D eigenvalue weighted by atomic mass is 127. The Kier molecular flexibility index (Phi) is 4.37. The van der Waals surface area contributed by atoms with Gasteiger partial charge < -0.3 is 0 Å². The fraction of sp³-hybridized carbons (Fsp3) is 0.0769. The normalized spacial score (nSPS) is 11.3. The van der Waals surface area contributed by atoms with Gasteiger partial charge in [0.05, 0.1) is 15.6 Å². The molecular formula is C13H11ClINO2S. The molecule has 6 heteroatoms. The second-order valence-electron chi connectivity index (χ2n) is 4.05. The summed E-state index contributed by atoms with van der Waals surface area (Å²) in [4.78, 5) is 0.224. The van der Waals surface area contributed by atoms with Gasteiger partial charge in [0, 0.05) is 3.57 Å². The fourth-order valence-electron chi connectivity index (χ4n) is 1.56. The van der Waals surface area contributed by atoms with Gasteiger partial charge in [0.1, 0.15) is 0 Å². The number of aryl methyl sites for hydroxylation is 1. The minimum absolute atomic E-state index is 0.224. The molecule has 0 saturated carbocycles. The van der Waals surface area contributed by atoms with E-state index < -0.39 is 10.0 Å². The number of benzene rings is 2. The van der Waals surface area contributed by atoms with Crippen molar-refractivity contribution in [2.75, 3.05) is 4.72 Å². The van der Waals surface area contributed by atoms with Crippen molar-refractivity contribution in [1.29, 1.82) is 0 Å². The zero-order valence-electron chi connectivity index (χ0n) is 10.0. The Labute approximate surface area is 131 Å². The molecule has 19 heavy (non-hydrogen) atoms. The summed E-state index contributed by atoms with van der Waals surface area (Å²) in [5.74, 6) is 0. The summed E-state index contributed by atoms with van der Waals surface area (Å²) in [5, 5.41) is 0.378. The van der Waals surface area contributed by atoms with Crippen molar-refractivity contribution >= 4 is 49.9 Å². The lowest BCUT2D eigenvalue weighted by atomic mass is 10.2. The average Bonchev–Trinajstić information content (AvgIpc) is 2.33. The van der Waals surface area contributed by atoms with E-state index in [1.54, 1.807) is 36.4 Å². The smallest absolute Gasteiger partial charge is 0.261 e. The van der Waals surface area contributed by atoms with Crippen LogP contribution in [0.3, 0.4) is 0 Å². The Bertz CT molecular complexity index is 716. The molecule has 3 nitrogen and oxygen atoms in total. The SMILES string of the molecule is Cc1cccc(S(=O)(=O)Nc2ccc(I)cc2Cl)c1. The summed E-state index contributed by atoms with van der Waals surface area (Å²) in [6.07, 6.45) is 0. The Morgan fingerprint density at radius 2 is 1.89 bits per heavy atom. The second kappa shape index (κ2) is 5.68. The maximum absolute atomic E-state index is 12.2. The molecule has 0 fully saturated rings. The zero-order valence-corrected chi connectivity index (χ0v) is 13.8. The van der Waals surface area contributed by atoms with E-state index in [9.17, 15) is 8.42 Å². The van der Waals surface area contributed by atoms with E-state index >= 15 is 0 Å². The van der Waals surface area contributed by atoms with E-state index in [0.717, 1.165) is 9.13 Å². The van der Waals surface area contributed by atoms with Crippen molar-refractivity contribution in [3.8, 4) is 0 Å². The molecule has 0 saturated heterocycles. The first-order valence-electron chi connectivity index (χ1n) is 5.43.